The lowest BCUT2D eigenvalue weighted by molar-refractivity contribution is 0.299. The van der Waals surface area contributed by atoms with Crippen LogP contribution in [-0.2, 0) is 6.61 Å². The van der Waals surface area contributed by atoms with E-state index in [1.165, 1.54) is 0 Å². The van der Waals surface area contributed by atoms with Gasteiger partial charge in [0.25, 0.3) is 0 Å². The molecule has 1 aromatic carbocycles. The maximum Gasteiger partial charge on any atom is 0.147 e. The summed E-state index contributed by atoms with van der Waals surface area (Å²) in [5.41, 5.74) is 2.25. The Balaban J connectivity index is 2.23. The molecule has 0 radical (unpaired) electrons. The predicted molar refractivity (Wildman–Crippen MR) is 84.9 cm³/mol. The van der Waals surface area contributed by atoms with E-state index in [1.807, 2.05) is 31.3 Å². The van der Waals surface area contributed by atoms with E-state index in [1.54, 1.807) is 12.3 Å². The summed E-state index contributed by atoms with van der Waals surface area (Å²) < 4.78 is 6.86. The zero-order valence-corrected chi connectivity index (χ0v) is 13.5. The fourth-order valence-corrected chi connectivity index (χ4v) is 2.30. The van der Waals surface area contributed by atoms with E-state index in [0.717, 1.165) is 21.3 Å². The summed E-state index contributed by atoms with van der Waals surface area (Å²) in [6.07, 6.45) is 1.61. The van der Waals surface area contributed by atoms with Crippen LogP contribution in [0.5, 0.6) is 5.75 Å². The van der Waals surface area contributed by atoms with E-state index in [4.69, 9.17) is 10.00 Å². The van der Waals surface area contributed by atoms with Crippen molar-refractivity contribution in [1.29, 1.82) is 5.26 Å². The van der Waals surface area contributed by atoms with Crippen LogP contribution in [0.1, 0.15) is 29.8 Å². The third-order valence-corrected chi connectivity index (χ3v) is 3.75. The molecule has 0 fully saturated rings. The van der Waals surface area contributed by atoms with Gasteiger partial charge in [0.15, 0.2) is 0 Å². The van der Waals surface area contributed by atoms with Crippen molar-refractivity contribution in [2.24, 2.45) is 0 Å². The zero-order chi connectivity index (χ0) is 15.2. The van der Waals surface area contributed by atoms with Gasteiger partial charge >= 0.3 is 0 Å². The van der Waals surface area contributed by atoms with Gasteiger partial charge in [-0.3, -0.25) is 0 Å². The van der Waals surface area contributed by atoms with E-state index in [-0.39, 0.29) is 6.04 Å². The molecule has 2 aromatic rings. The third-order valence-electron chi connectivity index (χ3n) is 3.26. The number of nitrogens with one attached hydrogen (secondary N) is 1. The molecule has 4 nitrogen and oxygen atoms in total. The molecule has 1 aromatic heterocycles. The first kappa shape index (κ1) is 15.5. The van der Waals surface area contributed by atoms with Crippen LogP contribution in [0.4, 0.5) is 0 Å². The number of nitrogens with zero attached hydrogens (tertiary/aromatic N) is 2. The van der Waals surface area contributed by atoms with E-state index in [0.29, 0.717) is 12.3 Å². The van der Waals surface area contributed by atoms with Gasteiger partial charge in [-0.2, -0.15) is 5.26 Å². The van der Waals surface area contributed by atoms with Crippen LogP contribution < -0.4 is 10.1 Å². The maximum atomic E-state index is 9.06. The van der Waals surface area contributed by atoms with E-state index in [2.05, 4.69) is 39.2 Å². The average Bonchev–Trinajstić information content (AvgIpc) is 2.52. The van der Waals surface area contributed by atoms with Crippen LogP contribution in [0, 0.1) is 11.3 Å². The second kappa shape index (κ2) is 7.21. The molecule has 0 aliphatic heterocycles. The molecule has 0 amide bonds. The van der Waals surface area contributed by atoms with Crippen molar-refractivity contribution < 1.29 is 4.74 Å². The summed E-state index contributed by atoms with van der Waals surface area (Å²) in [6.45, 7) is 2.39. The Morgan fingerprint density at radius 2 is 2.24 bits per heavy atom. The molecule has 1 atom stereocenters. The molecule has 21 heavy (non-hydrogen) atoms. The molecule has 0 aliphatic carbocycles. The number of hydrogen-bond acceptors (Lipinski definition) is 4. The van der Waals surface area contributed by atoms with Gasteiger partial charge in [-0.15, -0.1) is 0 Å². The third kappa shape index (κ3) is 3.81. The molecular formula is C16H16BrN3O. The standard InChI is InChI=1S/C16H16BrN3O/c1-11(19-2)14-6-5-13(17)8-16(14)21-10-12-4-3-7-20-15(12)9-18/h3-8,11,19H,10H2,1-2H3. The van der Waals surface area contributed by atoms with Crippen molar-refractivity contribution in [2.75, 3.05) is 7.05 Å². The molecule has 0 spiro atoms. The van der Waals surface area contributed by atoms with Crippen molar-refractivity contribution >= 4 is 15.9 Å². The number of hydrogen-bond donors (Lipinski definition) is 1. The number of halogens is 1. The van der Waals surface area contributed by atoms with E-state index < -0.39 is 0 Å². The first-order valence-electron chi connectivity index (χ1n) is 6.59. The molecule has 5 heteroatoms. The number of ether oxygens (including phenoxy) is 1. The van der Waals surface area contributed by atoms with Crippen LogP contribution in [0.15, 0.2) is 41.0 Å². The monoisotopic (exact) mass is 345 g/mol. The molecule has 0 bridgehead atoms. The Morgan fingerprint density at radius 1 is 1.43 bits per heavy atom. The van der Waals surface area contributed by atoms with Crippen LogP contribution in [0.3, 0.4) is 0 Å². The highest BCUT2D eigenvalue weighted by atomic mass is 79.9. The Morgan fingerprint density at radius 3 is 2.95 bits per heavy atom. The van der Waals surface area contributed by atoms with Crippen molar-refractivity contribution in [3.8, 4) is 11.8 Å². The van der Waals surface area contributed by atoms with Gasteiger partial charge < -0.3 is 10.1 Å². The van der Waals surface area contributed by atoms with Crippen molar-refractivity contribution in [3.05, 3.63) is 57.8 Å². The average molecular weight is 346 g/mol. The molecule has 0 aliphatic rings. The van der Waals surface area contributed by atoms with Gasteiger partial charge in [-0.25, -0.2) is 4.98 Å². The highest BCUT2D eigenvalue weighted by molar-refractivity contribution is 9.10. The number of pyridine rings is 1. The fourth-order valence-electron chi connectivity index (χ4n) is 1.96. The normalized spacial score (nSPS) is 11.7. The lowest BCUT2D eigenvalue weighted by atomic mass is 10.1. The van der Waals surface area contributed by atoms with Crippen LogP contribution in [0.2, 0.25) is 0 Å². The fraction of sp³-hybridized carbons (Fsp3) is 0.250. The summed E-state index contributed by atoms with van der Waals surface area (Å²) in [6, 6.07) is 11.9. The van der Waals surface area contributed by atoms with Crippen LogP contribution >= 0.6 is 15.9 Å². The van der Waals surface area contributed by atoms with Gasteiger partial charge in [0.1, 0.15) is 24.1 Å². The number of nitriles is 1. The molecule has 1 heterocycles. The minimum Gasteiger partial charge on any atom is -0.488 e. The second-order valence-electron chi connectivity index (χ2n) is 4.60. The predicted octanol–water partition coefficient (Wildman–Crippen LogP) is 3.58. The van der Waals surface area contributed by atoms with Crippen molar-refractivity contribution in [3.63, 3.8) is 0 Å². The summed E-state index contributed by atoms with van der Waals surface area (Å²) in [5, 5.41) is 12.3. The van der Waals surface area contributed by atoms with Crippen molar-refractivity contribution in [1.82, 2.24) is 10.3 Å². The Hall–Kier alpha value is -1.90. The highest BCUT2D eigenvalue weighted by Crippen LogP contribution is 2.29. The number of rotatable bonds is 5. The minimum atomic E-state index is 0.178. The van der Waals surface area contributed by atoms with Gasteiger partial charge in [0.05, 0.1) is 0 Å². The number of benzene rings is 1. The van der Waals surface area contributed by atoms with Crippen LogP contribution in [-0.4, -0.2) is 12.0 Å². The zero-order valence-electron chi connectivity index (χ0n) is 11.9. The first-order chi connectivity index (χ1) is 10.2. The minimum absolute atomic E-state index is 0.178. The SMILES string of the molecule is CNC(C)c1ccc(Br)cc1OCc1cccnc1C#N. The van der Waals surface area contributed by atoms with Gasteiger partial charge in [0.2, 0.25) is 0 Å². The highest BCUT2D eigenvalue weighted by Gasteiger charge is 2.12. The van der Waals surface area contributed by atoms with Crippen LogP contribution in [0.25, 0.3) is 0 Å². The number of aromatic nitrogens is 1. The van der Waals surface area contributed by atoms with Gasteiger partial charge in [-0.1, -0.05) is 28.1 Å². The van der Waals surface area contributed by atoms with Crippen molar-refractivity contribution in [2.45, 2.75) is 19.6 Å². The largest absolute Gasteiger partial charge is 0.488 e. The quantitative estimate of drug-likeness (QED) is 0.899. The lowest BCUT2D eigenvalue weighted by Crippen LogP contribution is -2.14. The smallest absolute Gasteiger partial charge is 0.147 e. The second-order valence-corrected chi connectivity index (χ2v) is 5.52. The van der Waals surface area contributed by atoms with E-state index >= 15 is 0 Å². The Bertz CT molecular complexity index is 667. The van der Waals surface area contributed by atoms with Gasteiger partial charge in [-0.05, 0) is 32.2 Å². The molecular weight excluding hydrogens is 330 g/mol. The molecule has 0 saturated heterocycles. The van der Waals surface area contributed by atoms with E-state index in [9.17, 15) is 0 Å². The maximum absolute atomic E-state index is 9.06. The molecule has 1 unspecified atom stereocenters. The summed E-state index contributed by atoms with van der Waals surface area (Å²) in [7, 11) is 1.91. The topological polar surface area (TPSA) is 57.9 Å². The molecule has 108 valence electrons. The Kier molecular flexibility index (Phi) is 5.32. The first-order valence-corrected chi connectivity index (χ1v) is 7.38. The molecule has 1 N–H and O–H groups in total. The molecule has 0 saturated carbocycles. The van der Waals surface area contributed by atoms with Gasteiger partial charge in [0, 0.05) is 27.8 Å². The summed E-state index contributed by atoms with van der Waals surface area (Å²) in [5.74, 6) is 0.791. The Labute approximate surface area is 132 Å². The summed E-state index contributed by atoms with van der Waals surface area (Å²) >= 11 is 3.46. The lowest BCUT2D eigenvalue weighted by Gasteiger charge is -2.17. The summed E-state index contributed by atoms with van der Waals surface area (Å²) in [4.78, 5) is 4.04. The molecule has 2 rings (SSSR count).